The molecule has 0 saturated carbocycles. The molecular weight excluding hydrogens is 376 g/mol. The second kappa shape index (κ2) is 9.48. The standard InChI is InChI=1S/C24H26N4O2/c29-23(27-25-21-13-5-9-17-7-1-3-11-19(17)21)15-16-24(30)28-26-22-14-6-10-18-8-2-4-12-20(18)22/h1-4,7-8,11-12H,5-6,9-10,13-16H2,(H,27,29)(H,28,30)/b25-21-,26-22-. The summed E-state index contributed by atoms with van der Waals surface area (Å²) in [4.78, 5) is 24.3. The first-order valence-electron chi connectivity index (χ1n) is 10.6. The van der Waals surface area contributed by atoms with Gasteiger partial charge in [0.05, 0.1) is 11.4 Å². The van der Waals surface area contributed by atoms with Gasteiger partial charge in [-0.15, -0.1) is 0 Å². The minimum atomic E-state index is -0.267. The van der Waals surface area contributed by atoms with Crippen molar-refractivity contribution in [2.45, 2.75) is 51.4 Å². The van der Waals surface area contributed by atoms with E-state index in [0.29, 0.717) is 0 Å². The minimum absolute atomic E-state index is 0.0751. The van der Waals surface area contributed by atoms with Gasteiger partial charge >= 0.3 is 0 Å². The molecule has 0 bridgehead atoms. The molecule has 0 atom stereocenters. The Kier molecular flexibility index (Phi) is 6.32. The van der Waals surface area contributed by atoms with E-state index in [2.05, 4.69) is 33.2 Å². The Hall–Kier alpha value is -3.28. The Morgan fingerprint density at radius 1 is 0.667 bits per heavy atom. The van der Waals surface area contributed by atoms with E-state index in [4.69, 9.17) is 0 Å². The molecule has 2 aliphatic carbocycles. The van der Waals surface area contributed by atoms with Gasteiger partial charge in [-0.3, -0.25) is 9.59 Å². The Bertz CT molecular complexity index is 928. The number of fused-ring (bicyclic) bond motifs is 2. The summed E-state index contributed by atoms with van der Waals surface area (Å²) in [6.45, 7) is 0. The second-order valence-electron chi connectivity index (χ2n) is 7.71. The van der Waals surface area contributed by atoms with Gasteiger partial charge in [0.2, 0.25) is 11.8 Å². The Labute approximate surface area is 176 Å². The fraction of sp³-hybridized carbons (Fsp3) is 0.333. The van der Waals surface area contributed by atoms with Crippen molar-refractivity contribution in [2.75, 3.05) is 0 Å². The number of aryl methyl sites for hydroxylation is 2. The van der Waals surface area contributed by atoms with Crippen LogP contribution >= 0.6 is 0 Å². The number of rotatable bonds is 5. The normalized spacial score (nSPS) is 17.9. The van der Waals surface area contributed by atoms with Gasteiger partial charge in [0.15, 0.2) is 0 Å². The van der Waals surface area contributed by atoms with Crippen molar-refractivity contribution in [1.82, 2.24) is 10.9 Å². The highest BCUT2D eigenvalue weighted by molar-refractivity contribution is 6.04. The number of nitrogens with one attached hydrogen (secondary N) is 2. The molecule has 4 rings (SSSR count). The van der Waals surface area contributed by atoms with Crippen LogP contribution in [0.1, 0.15) is 60.8 Å². The quantitative estimate of drug-likeness (QED) is 0.751. The largest absolute Gasteiger partial charge is 0.273 e. The van der Waals surface area contributed by atoms with Crippen molar-refractivity contribution in [1.29, 1.82) is 0 Å². The molecular formula is C24H26N4O2. The molecule has 0 aliphatic heterocycles. The van der Waals surface area contributed by atoms with Crippen LogP contribution in [0.4, 0.5) is 0 Å². The predicted octanol–water partition coefficient (Wildman–Crippen LogP) is 3.48. The summed E-state index contributed by atoms with van der Waals surface area (Å²) in [6.07, 6.45) is 5.96. The summed E-state index contributed by atoms with van der Waals surface area (Å²) < 4.78 is 0. The minimum Gasteiger partial charge on any atom is -0.273 e. The maximum absolute atomic E-state index is 12.1. The fourth-order valence-electron chi connectivity index (χ4n) is 4.03. The third-order valence-electron chi connectivity index (χ3n) is 5.59. The van der Waals surface area contributed by atoms with E-state index in [1.165, 1.54) is 11.1 Å². The van der Waals surface area contributed by atoms with E-state index in [0.717, 1.165) is 61.1 Å². The molecule has 2 aromatic rings. The Morgan fingerprint density at radius 2 is 1.10 bits per heavy atom. The van der Waals surface area contributed by atoms with Crippen molar-refractivity contribution in [3.05, 3.63) is 70.8 Å². The number of amides is 2. The molecule has 0 aromatic heterocycles. The molecule has 2 N–H and O–H groups in total. The van der Waals surface area contributed by atoms with Crippen LogP contribution in [0.2, 0.25) is 0 Å². The molecule has 6 nitrogen and oxygen atoms in total. The third kappa shape index (κ3) is 4.82. The zero-order chi connectivity index (χ0) is 20.8. The van der Waals surface area contributed by atoms with Crippen molar-refractivity contribution >= 4 is 23.2 Å². The molecule has 0 unspecified atom stereocenters. The number of hydrogen-bond donors (Lipinski definition) is 2. The maximum Gasteiger partial charge on any atom is 0.240 e. The number of hydrogen-bond acceptors (Lipinski definition) is 4. The van der Waals surface area contributed by atoms with Gasteiger partial charge < -0.3 is 0 Å². The second-order valence-corrected chi connectivity index (χ2v) is 7.71. The van der Waals surface area contributed by atoms with Crippen LogP contribution in [-0.2, 0) is 22.4 Å². The van der Waals surface area contributed by atoms with E-state index >= 15 is 0 Å². The van der Waals surface area contributed by atoms with Crippen molar-refractivity contribution in [3.63, 3.8) is 0 Å². The summed E-state index contributed by atoms with van der Waals surface area (Å²) in [5.74, 6) is -0.535. The van der Waals surface area contributed by atoms with Crippen molar-refractivity contribution in [2.24, 2.45) is 10.2 Å². The number of carbonyl (C=O) groups is 2. The number of carbonyl (C=O) groups excluding carboxylic acids is 2. The lowest BCUT2D eigenvalue weighted by molar-refractivity contribution is -0.126. The van der Waals surface area contributed by atoms with E-state index in [9.17, 15) is 9.59 Å². The van der Waals surface area contributed by atoms with Gasteiger partial charge in [0, 0.05) is 24.0 Å². The van der Waals surface area contributed by atoms with Gasteiger partial charge in [-0.2, -0.15) is 10.2 Å². The smallest absolute Gasteiger partial charge is 0.240 e. The average molecular weight is 402 g/mol. The van der Waals surface area contributed by atoms with Crippen LogP contribution < -0.4 is 10.9 Å². The van der Waals surface area contributed by atoms with Gasteiger partial charge in [0.1, 0.15) is 0 Å². The SMILES string of the molecule is O=C(CCC(=O)N/N=C1/CCCc2ccccc21)N/N=C1/CCCc2ccccc21. The van der Waals surface area contributed by atoms with E-state index < -0.39 is 0 Å². The monoisotopic (exact) mass is 402 g/mol. The maximum atomic E-state index is 12.1. The van der Waals surface area contributed by atoms with Gasteiger partial charge in [-0.05, 0) is 49.7 Å². The van der Waals surface area contributed by atoms with E-state index in [1.807, 2.05) is 36.4 Å². The average Bonchev–Trinajstić information content (AvgIpc) is 2.80. The molecule has 0 saturated heterocycles. The molecule has 154 valence electrons. The lowest BCUT2D eigenvalue weighted by Gasteiger charge is -2.17. The topological polar surface area (TPSA) is 82.9 Å². The lowest BCUT2D eigenvalue weighted by atomic mass is 9.90. The Morgan fingerprint density at radius 3 is 1.57 bits per heavy atom. The predicted molar refractivity (Wildman–Crippen MR) is 117 cm³/mol. The zero-order valence-corrected chi connectivity index (χ0v) is 17.0. The number of benzene rings is 2. The highest BCUT2D eigenvalue weighted by Crippen LogP contribution is 2.22. The molecule has 2 amide bonds. The summed E-state index contributed by atoms with van der Waals surface area (Å²) >= 11 is 0. The van der Waals surface area contributed by atoms with E-state index in [1.54, 1.807) is 0 Å². The zero-order valence-electron chi connectivity index (χ0n) is 17.0. The van der Waals surface area contributed by atoms with Crippen LogP contribution in [-0.4, -0.2) is 23.2 Å². The first-order valence-corrected chi connectivity index (χ1v) is 10.6. The van der Waals surface area contributed by atoms with Crippen LogP contribution in [0.25, 0.3) is 0 Å². The Balaban J connectivity index is 1.28. The summed E-state index contributed by atoms with van der Waals surface area (Å²) in [7, 11) is 0. The highest BCUT2D eigenvalue weighted by Gasteiger charge is 2.16. The van der Waals surface area contributed by atoms with Crippen LogP contribution in [0.5, 0.6) is 0 Å². The van der Waals surface area contributed by atoms with Gasteiger partial charge in [-0.25, -0.2) is 10.9 Å². The molecule has 0 spiro atoms. The molecule has 30 heavy (non-hydrogen) atoms. The molecule has 0 heterocycles. The highest BCUT2D eigenvalue weighted by atomic mass is 16.2. The number of nitrogens with zero attached hydrogens (tertiary/aromatic N) is 2. The van der Waals surface area contributed by atoms with Gasteiger partial charge in [-0.1, -0.05) is 48.5 Å². The van der Waals surface area contributed by atoms with Gasteiger partial charge in [0.25, 0.3) is 0 Å². The van der Waals surface area contributed by atoms with E-state index in [-0.39, 0.29) is 24.7 Å². The van der Waals surface area contributed by atoms with Crippen LogP contribution in [0.15, 0.2) is 58.7 Å². The third-order valence-corrected chi connectivity index (χ3v) is 5.59. The molecule has 0 radical (unpaired) electrons. The van der Waals surface area contributed by atoms with Crippen LogP contribution in [0.3, 0.4) is 0 Å². The molecule has 6 heteroatoms. The van der Waals surface area contributed by atoms with Crippen molar-refractivity contribution in [3.8, 4) is 0 Å². The molecule has 2 aromatic carbocycles. The first kappa shape index (κ1) is 20.0. The molecule has 0 fully saturated rings. The molecule has 2 aliphatic rings. The summed E-state index contributed by atoms with van der Waals surface area (Å²) in [5, 5.41) is 8.61. The van der Waals surface area contributed by atoms with Crippen LogP contribution in [0, 0.1) is 0 Å². The number of hydrazone groups is 2. The first-order chi connectivity index (χ1) is 14.7. The summed E-state index contributed by atoms with van der Waals surface area (Å²) in [6, 6.07) is 16.3. The summed E-state index contributed by atoms with van der Waals surface area (Å²) in [5.41, 5.74) is 11.7. The lowest BCUT2D eigenvalue weighted by Crippen LogP contribution is -2.25. The fourth-order valence-corrected chi connectivity index (χ4v) is 4.03. The van der Waals surface area contributed by atoms with Crippen molar-refractivity contribution < 1.29 is 9.59 Å².